The average Bonchev–Trinajstić information content (AvgIpc) is 2.31. The summed E-state index contributed by atoms with van der Waals surface area (Å²) in [7, 11) is 0. The van der Waals surface area contributed by atoms with Crippen LogP contribution in [-0.4, -0.2) is 74.0 Å². The minimum absolute atomic E-state index is 0.694. The lowest BCUT2D eigenvalue weighted by Gasteiger charge is -2.41. The molecule has 7 N–H and O–H groups in total. The Labute approximate surface area is 101 Å². The first-order valence-electron chi connectivity index (χ1n) is 5.12. The second-order valence-corrected chi connectivity index (χ2v) is 4.09. The van der Waals surface area contributed by atoms with Crippen molar-refractivity contribution < 1.29 is 39.9 Å². The van der Waals surface area contributed by atoms with Crippen molar-refractivity contribution in [3.63, 3.8) is 0 Å². The number of carbonyl (C=O) groups is 2. The highest BCUT2D eigenvalue weighted by molar-refractivity contribution is 5.84. The van der Waals surface area contributed by atoms with Crippen LogP contribution >= 0.6 is 0 Å². The van der Waals surface area contributed by atoms with Gasteiger partial charge in [-0.15, -0.1) is 0 Å². The number of carboxylic acids is 1. The van der Waals surface area contributed by atoms with Crippen LogP contribution in [0, 0.1) is 0 Å². The molecule has 5 atom stereocenters. The summed E-state index contributed by atoms with van der Waals surface area (Å²) < 4.78 is 4.69. The quantitative estimate of drug-likeness (QED) is 0.298. The molecule has 0 amide bonds. The van der Waals surface area contributed by atoms with Crippen LogP contribution in [0.2, 0.25) is 0 Å². The third-order valence-electron chi connectivity index (χ3n) is 2.77. The molecule has 1 fully saturated rings. The minimum atomic E-state index is -2.74. The van der Waals surface area contributed by atoms with E-state index in [-0.39, 0.29) is 0 Å². The number of hydrogen-bond donors (Lipinski definition) is 6. The molecular weight excluding hydrogens is 250 g/mol. The van der Waals surface area contributed by atoms with Crippen molar-refractivity contribution in [2.24, 2.45) is 5.73 Å². The number of ether oxygens (including phenoxy) is 1. The number of rotatable bonds is 4. The van der Waals surface area contributed by atoms with Gasteiger partial charge in [-0.1, -0.05) is 0 Å². The standard InChI is InChI=1S/C9H15NO8/c10-5-3(12)1-9(17,8(15)16)18-7(5)6(14)4(13)2-11/h3,5-7,11-12,14,17H,1-2,10H2,(H,15,16). The highest BCUT2D eigenvalue weighted by Gasteiger charge is 2.52. The van der Waals surface area contributed by atoms with Gasteiger partial charge in [0.25, 0.3) is 5.79 Å². The zero-order chi connectivity index (χ0) is 14.1. The van der Waals surface area contributed by atoms with Gasteiger partial charge in [0.2, 0.25) is 0 Å². The van der Waals surface area contributed by atoms with Crippen LogP contribution in [0.3, 0.4) is 0 Å². The molecular formula is C9H15NO8. The lowest BCUT2D eigenvalue weighted by Crippen LogP contribution is -2.65. The Morgan fingerprint density at radius 1 is 1.50 bits per heavy atom. The van der Waals surface area contributed by atoms with Crippen molar-refractivity contribution in [2.45, 2.75) is 36.6 Å². The van der Waals surface area contributed by atoms with Gasteiger partial charge in [0.15, 0.2) is 5.78 Å². The second kappa shape index (κ2) is 5.26. The Balaban J connectivity index is 2.95. The summed E-state index contributed by atoms with van der Waals surface area (Å²) in [6.45, 7) is -1.00. The number of carbonyl (C=O) groups excluding carboxylic acids is 1. The molecule has 1 rings (SSSR count). The molecule has 104 valence electrons. The van der Waals surface area contributed by atoms with Crippen molar-refractivity contribution in [3.8, 4) is 0 Å². The van der Waals surface area contributed by atoms with Gasteiger partial charge < -0.3 is 36.0 Å². The van der Waals surface area contributed by atoms with Gasteiger partial charge >= 0.3 is 5.97 Å². The normalized spacial score (nSPS) is 38.2. The van der Waals surface area contributed by atoms with Crippen molar-refractivity contribution in [2.75, 3.05) is 6.61 Å². The lowest BCUT2D eigenvalue weighted by molar-refractivity contribution is -0.284. The average molecular weight is 265 g/mol. The largest absolute Gasteiger partial charge is 0.477 e. The van der Waals surface area contributed by atoms with E-state index in [9.17, 15) is 24.9 Å². The Morgan fingerprint density at radius 2 is 2.06 bits per heavy atom. The van der Waals surface area contributed by atoms with Gasteiger partial charge in [0.1, 0.15) is 18.8 Å². The van der Waals surface area contributed by atoms with Crippen LogP contribution in [0.4, 0.5) is 0 Å². The maximum atomic E-state index is 11.1. The molecule has 0 radical (unpaired) electrons. The number of carboxylic acid groups (broad SMARTS) is 1. The van der Waals surface area contributed by atoms with E-state index < -0.39 is 54.9 Å². The molecule has 1 aliphatic heterocycles. The summed E-state index contributed by atoms with van der Waals surface area (Å²) in [6, 6.07) is -1.27. The predicted octanol–water partition coefficient (Wildman–Crippen LogP) is -3.84. The molecule has 5 unspecified atom stereocenters. The molecule has 0 bridgehead atoms. The summed E-state index contributed by atoms with van der Waals surface area (Å²) >= 11 is 0. The molecule has 1 saturated heterocycles. The van der Waals surface area contributed by atoms with Gasteiger partial charge in [-0.3, -0.25) is 4.79 Å². The van der Waals surface area contributed by atoms with Crippen LogP contribution in [0.15, 0.2) is 0 Å². The van der Waals surface area contributed by atoms with E-state index in [1.807, 2.05) is 0 Å². The maximum Gasteiger partial charge on any atom is 0.364 e. The monoisotopic (exact) mass is 265 g/mol. The highest BCUT2D eigenvalue weighted by atomic mass is 16.7. The fraction of sp³-hybridized carbons (Fsp3) is 0.778. The fourth-order valence-corrected chi connectivity index (χ4v) is 1.68. The van der Waals surface area contributed by atoms with E-state index in [1.165, 1.54) is 0 Å². The van der Waals surface area contributed by atoms with Crippen molar-refractivity contribution in [1.29, 1.82) is 0 Å². The van der Waals surface area contributed by atoms with E-state index in [0.717, 1.165) is 0 Å². The van der Waals surface area contributed by atoms with Crippen molar-refractivity contribution in [1.82, 2.24) is 0 Å². The van der Waals surface area contributed by atoms with Crippen LogP contribution in [-0.2, 0) is 14.3 Å². The van der Waals surface area contributed by atoms with Crippen LogP contribution < -0.4 is 5.73 Å². The number of Topliss-reactive ketones (excluding diaryl/α,β-unsaturated/α-hetero) is 1. The molecule has 1 aliphatic rings. The Morgan fingerprint density at radius 3 is 2.50 bits per heavy atom. The molecule has 0 saturated carbocycles. The van der Waals surface area contributed by atoms with Crippen molar-refractivity contribution >= 4 is 11.8 Å². The molecule has 18 heavy (non-hydrogen) atoms. The van der Waals surface area contributed by atoms with Crippen LogP contribution in [0.5, 0.6) is 0 Å². The summed E-state index contributed by atoms with van der Waals surface area (Å²) in [6.07, 6.45) is -5.74. The zero-order valence-electron chi connectivity index (χ0n) is 9.26. The van der Waals surface area contributed by atoms with E-state index in [4.69, 9.17) is 20.7 Å². The molecule has 9 heteroatoms. The SMILES string of the molecule is NC1C(O)CC(O)(C(=O)O)OC1C(O)C(=O)CO. The summed E-state index contributed by atoms with van der Waals surface area (Å²) in [4.78, 5) is 21.9. The van der Waals surface area contributed by atoms with Gasteiger partial charge in [-0.05, 0) is 0 Å². The van der Waals surface area contributed by atoms with Gasteiger partial charge in [-0.25, -0.2) is 4.79 Å². The smallest absolute Gasteiger partial charge is 0.364 e. The van der Waals surface area contributed by atoms with E-state index in [1.54, 1.807) is 0 Å². The van der Waals surface area contributed by atoms with E-state index in [2.05, 4.69) is 0 Å². The Kier molecular flexibility index (Phi) is 4.37. The van der Waals surface area contributed by atoms with E-state index >= 15 is 0 Å². The number of aliphatic hydroxyl groups is 4. The fourth-order valence-electron chi connectivity index (χ4n) is 1.68. The Hall–Kier alpha value is -1.10. The molecule has 0 aromatic carbocycles. The van der Waals surface area contributed by atoms with Gasteiger partial charge in [0.05, 0.1) is 12.1 Å². The van der Waals surface area contributed by atoms with Gasteiger partial charge in [-0.2, -0.15) is 0 Å². The van der Waals surface area contributed by atoms with Crippen LogP contribution in [0.1, 0.15) is 6.42 Å². The lowest BCUT2D eigenvalue weighted by atomic mass is 9.90. The first-order valence-corrected chi connectivity index (χ1v) is 5.12. The zero-order valence-corrected chi connectivity index (χ0v) is 9.26. The topological polar surface area (TPSA) is 171 Å². The number of aliphatic carboxylic acids is 1. The first-order chi connectivity index (χ1) is 8.23. The first kappa shape index (κ1) is 15.0. The number of hydrogen-bond acceptors (Lipinski definition) is 8. The Bertz CT molecular complexity index is 347. The molecule has 9 nitrogen and oxygen atoms in total. The number of nitrogens with two attached hydrogens (primary N) is 1. The molecule has 0 aromatic rings. The molecule has 0 aromatic heterocycles. The molecule has 0 aliphatic carbocycles. The highest BCUT2D eigenvalue weighted by Crippen LogP contribution is 2.28. The minimum Gasteiger partial charge on any atom is -0.477 e. The summed E-state index contributed by atoms with van der Waals surface area (Å²) in [5, 5.41) is 46.0. The van der Waals surface area contributed by atoms with Crippen LogP contribution in [0.25, 0.3) is 0 Å². The maximum absolute atomic E-state index is 11.1. The number of ketones is 1. The number of aliphatic hydroxyl groups excluding tert-OH is 3. The molecule has 0 spiro atoms. The molecule has 1 heterocycles. The van der Waals surface area contributed by atoms with E-state index in [0.29, 0.717) is 0 Å². The third-order valence-corrected chi connectivity index (χ3v) is 2.77. The summed E-state index contributed by atoms with van der Waals surface area (Å²) in [5.74, 6) is -5.57. The summed E-state index contributed by atoms with van der Waals surface area (Å²) in [5.41, 5.74) is 5.46. The third kappa shape index (κ3) is 2.66. The second-order valence-electron chi connectivity index (χ2n) is 4.09. The van der Waals surface area contributed by atoms with Crippen molar-refractivity contribution in [3.05, 3.63) is 0 Å². The van der Waals surface area contributed by atoms with Gasteiger partial charge in [0, 0.05) is 6.42 Å². The predicted molar refractivity (Wildman–Crippen MR) is 54.2 cm³/mol.